The second-order valence-corrected chi connectivity index (χ2v) is 13.9. The standard InChI is InChI=1S/C31H30Cl2N6O5S/c1-18(40)38-7-5-19(6-8-38)14-34-31(41)24-11-22(33)13-28-26(24)16-36-39(28)17-45(42,43)30-4-3-20(9-29(30)44-2)23-10-21(32)12-27-25(23)15-35-37-27/h3-4,9-13,15-16,19H,5-8,14,17H2,1-2H3,(H,34,41)(H,35,37). The van der Waals surface area contributed by atoms with Crippen LogP contribution in [0, 0.1) is 5.92 Å². The van der Waals surface area contributed by atoms with Gasteiger partial charge in [-0.05, 0) is 66.3 Å². The van der Waals surface area contributed by atoms with Crippen molar-refractivity contribution in [3.8, 4) is 16.9 Å². The van der Waals surface area contributed by atoms with E-state index in [4.69, 9.17) is 27.9 Å². The van der Waals surface area contributed by atoms with Gasteiger partial charge in [-0.15, -0.1) is 0 Å². The summed E-state index contributed by atoms with van der Waals surface area (Å²) in [5, 5.41) is 16.4. The predicted octanol–water partition coefficient (Wildman–Crippen LogP) is 5.31. The number of hydrogen-bond acceptors (Lipinski definition) is 7. The number of hydrogen-bond donors (Lipinski definition) is 2. The van der Waals surface area contributed by atoms with Crippen LogP contribution >= 0.6 is 23.2 Å². The minimum Gasteiger partial charge on any atom is -0.495 e. The first-order valence-electron chi connectivity index (χ1n) is 14.3. The van der Waals surface area contributed by atoms with Crippen molar-refractivity contribution in [3.63, 3.8) is 0 Å². The average Bonchev–Trinajstić information content (AvgIpc) is 3.65. The second-order valence-electron chi connectivity index (χ2n) is 11.1. The number of nitrogens with one attached hydrogen (secondary N) is 2. The van der Waals surface area contributed by atoms with Gasteiger partial charge in [-0.1, -0.05) is 29.3 Å². The number of piperidine rings is 1. The highest BCUT2D eigenvalue weighted by Crippen LogP contribution is 2.36. The van der Waals surface area contributed by atoms with Crippen LogP contribution in [0.3, 0.4) is 0 Å². The van der Waals surface area contributed by atoms with E-state index in [2.05, 4.69) is 20.6 Å². The van der Waals surface area contributed by atoms with E-state index in [1.54, 1.807) is 49.5 Å². The molecule has 3 heterocycles. The van der Waals surface area contributed by atoms with Gasteiger partial charge in [0.15, 0.2) is 0 Å². The molecule has 45 heavy (non-hydrogen) atoms. The smallest absolute Gasteiger partial charge is 0.252 e. The summed E-state index contributed by atoms with van der Waals surface area (Å²) >= 11 is 12.7. The van der Waals surface area contributed by atoms with Gasteiger partial charge >= 0.3 is 0 Å². The number of likely N-dealkylation sites (tertiary alicyclic amines) is 1. The van der Waals surface area contributed by atoms with Gasteiger partial charge in [-0.3, -0.25) is 14.7 Å². The average molecular weight is 670 g/mol. The topological polar surface area (TPSA) is 139 Å². The number of rotatable bonds is 8. The number of carbonyl (C=O) groups excluding carboxylic acids is 2. The van der Waals surface area contributed by atoms with Crippen molar-refractivity contribution in [1.29, 1.82) is 0 Å². The number of sulfone groups is 1. The number of methoxy groups -OCH3 is 1. The molecule has 1 saturated heterocycles. The molecule has 2 aromatic heterocycles. The number of nitrogens with zero attached hydrogens (tertiary/aromatic N) is 4. The molecule has 1 aliphatic heterocycles. The van der Waals surface area contributed by atoms with Gasteiger partial charge in [-0.2, -0.15) is 10.2 Å². The molecule has 0 atom stereocenters. The Hall–Kier alpha value is -4.13. The fraction of sp³-hybridized carbons (Fsp3) is 0.290. The Kier molecular flexibility index (Phi) is 8.47. The van der Waals surface area contributed by atoms with Gasteiger partial charge in [-0.25, -0.2) is 13.1 Å². The van der Waals surface area contributed by atoms with Crippen LogP contribution in [-0.4, -0.2) is 71.9 Å². The third kappa shape index (κ3) is 6.22. The lowest BCUT2D eigenvalue weighted by Gasteiger charge is -2.31. The normalized spacial score (nSPS) is 14.3. The number of halogens is 2. The maximum atomic E-state index is 13.7. The van der Waals surface area contributed by atoms with Gasteiger partial charge in [0.2, 0.25) is 15.7 Å². The predicted molar refractivity (Wildman–Crippen MR) is 172 cm³/mol. The SMILES string of the molecule is COc1cc(-c2cc(Cl)cc3[nH]ncc23)ccc1S(=O)(=O)Cn1ncc2c(C(=O)NCC3CCN(C(C)=O)CC3)cc(Cl)cc21. The van der Waals surface area contributed by atoms with Crippen molar-refractivity contribution in [2.24, 2.45) is 5.92 Å². The Balaban J connectivity index is 1.24. The summed E-state index contributed by atoms with van der Waals surface area (Å²) in [6, 6.07) is 11.5. The summed E-state index contributed by atoms with van der Waals surface area (Å²) in [6.07, 6.45) is 4.76. The van der Waals surface area contributed by atoms with Crippen molar-refractivity contribution in [2.75, 3.05) is 26.7 Å². The summed E-state index contributed by atoms with van der Waals surface area (Å²) in [6.45, 7) is 3.35. The number of aromatic amines is 1. The first kappa shape index (κ1) is 30.9. The first-order chi connectivity index (χ1) is 21.5. The highest BCUT2D eigenvalue weighted by Gasteiger charge is 2.25. The van der Waals surface area contributed by atoms with Crippen LogP contribution in [-0.2, 0) is 20.5 Å². The molecular weight excluding hydrogens is 639 g/mol. The lowest BCUT2D eigenvalue weighted by Crippen LogP contribution is -2.40. The highest BCUT2D eigenvalue weighted by molar-refractivity contribution is 7.90. The van der Waals surface area contributed by atoms with Gasteiger partial charge in [0, 0.05) is 47.4 Å². The largest absolute Gasteiger partial charge is 0.495 e. The minimum absolute atomic E-state index is 0.0151. The van der Waals surface area contributed by atoms with Crippen molar-refractivity contribution in [1.82, 2.24) is 30.2 Å². The molecule has 0 saturated carbocycles. The van der Waals surface area contributed by atoms with Crippen molar-refractivity contribution < 1.29 is 22.7 Å². The van der Waals surface area contributed by atoms with Crippen LogP contribution in [0.25, 0.3) is 32.9 Å². The monoisotopic (exact) mass is 668 g/mol. The van der Waals surface area contributed by atoms with E-state index < -0.39 is 15.7 Å². The van der Waals surface area contributed by atoms with Crippen LogP contribution in [0.4, 0.5) is 0 Å². The molecule has 0 aliphatic carbocycles. The zero-order chi connectivity index (χ0) is 31.9. The summed E-state index contributed by atoms with van der Waals surface area (Å²) in [5.74, 6) is -0.373. The van der Waals surface area contributed by atoms with E-state index in [-0.39, 0.29) is 33.4 Å². The van der Waals surface area contributed by atoms with Gasteiger partial charge in [0.1, 0.15) is 16.5 Å². The fourth-order valence-electron chi connectivity index (χ4n) is 5.79. The Labute approximate surface area is 269 Å². The molecule has 6 rings (SSSR count). The van der Waals surface area contributed by atoms with E-state index in [0.717, 1.165) is 29.3 Å². The van der Waals surface area contributed by atoms with Gasteiger partial charge < -0.3 is 15.0 Å². The zero-order valence-corrected chi connectivity index (χ0v) is 26.8. The number of amides is 2. The quantitative estimate of drug-likeness (QED) is 0.228. The molecule has 3 aromatic carbocycles. The maximum Gasteiger partial charge on any atom is 0.252 e. The van der Waals surface area contributed by atoms with E-state index >= 15 is 0 Å². The number of H-pyrrole nitrogens is 1. The van der Waals surface area contributed by atoms with E-state index in [1.807, 2.05) is 4.90 Å². The third-order valence-electron chi connectivity index (χ3n) is 8.21. The van der Waals surface area contributed by atoms with E-state index in [1.165, 1.54) is 24.1 Å². The molecule has 2 N–H and O–H groups in total. The number of carbonyl (C=O) groups is 2. The molecule has 2 amide bonds. The molecule has 0 radical (unpaired) electrons. The number of benzene rings is 3. The molecule has 1 aliphatic rings. The lowest BCUT2D eigenvalue weighted by molar-refractivity contribution is -0.130. The summed E-state index contributed by atoms with van der Waals surface area (Å²) in [5.41, 5.74) is 2.93. The Morgan fingerprint density at radius 2 is 1.80 bits per heavy atom. The molecular formula is C31H30Cl2N6O5S. The molecule has 234 valence electrons. The number of aromatic nitrogens is 4. The summed E-state index contributed by atoms with van der Waals surface area (Å²) < 4.78 is 34.3. The fourth-order valence-corrected chi connectivity index (χ4v) is 7.62. The highest BCUT2D eigenvalue weighted by atomic mass is 35.5. The van der Waals surface area contributed by atoms with Crippen LogP contribution in [0.15, 0.2) is 59.8 Å². The van der Waals surface area contributed by atoms with E-state index in [9.17, 15) is 18.0 Å². The second kappa shape index (κ2) is 12.3. The van der Waals surface area contributed by atoms with E-state index in [0.29, 0.717) is 46.7 Å². The van der Waals surface area contributed by atoms with Crippen molar-refractivity contribution in [2.45, 2.75) is 30.5 Å². The molecule has 0 bridgehead atoms. The van der Waals surface area contributed by atoms with Crippen LogP contribution in [0.2, 0.25) is 10.0 Å². The minimum atomic E-state index is -3.98. The summed E-state index contributed by atoms with van der Waals surface area (Å²) in [7, 11) is -2.57. The zero-order valence-electron chi connectivity index (χ0n) is 24.5. The Morgan fingerprint density at radius 3 is 2.53 bits per heavy atom. The third-order valence-corrected chi connectivity index (χ3v) is 10.2. The van der Waals surface area contributed by atoms with Gasteiger partial charge in [0.05, 0.1) is 36.1 Å². The van der Waals surface area contributed by atoms with Crippen LogP contribution in [0.5, 0.6) is 5.75 Å². The van der Waals surface area contributed by atoms with Gasteiger partial charge in [0.25, 0.3) is 5.91 Å². The van der Waals surface area contributed by atoms with Crippen molar-refractivity contribution in [3.05, 3.63) is 70.5 Å². The van der Waals surface area contributed by atoms with Crippen molar-refractivity contribution >= 4 is 66.7 Å². The molecule has 0 spiro atoms. The molecule has 0 unspecified atom stereocenters. The molecule has 1 fully saturated rings. The number of fused-ring (bicyclic) bond motifs is 2. The maximum absolute atomic E-state index is 13.7. The van der Waals surface area contributed by atoms with Crippen LogP contribution in [0.1, 0.15) is 30.1 Å². The molecule has 14 heteroatoms. The molecule has 5 aromatic rings. The lowest BCUT2D eigenvalue weighted by atomic mass is 9.96. The van der Waals surface area contributed by atoms with Crippen LogP contribution < -0.4 is 10.1 Å². The first-order valence-corrected chi connectivity index (χ1v) is 16.7. The summed E-state index contributed by atoms with van der Waals surface area (Å²) in [4.78, 5) is 26.6. The Bertz CT molecular complexity index is 2050. The molecule has 11 nitrogen and oxygen atoms in total. The number of ether oxygens (including phenoxy) is 1. The Morgan fingerprint density at radius 1 is 1.04 bits per heavy atom.